The molecule has 0 aromatic carbocycles. The number of amides is 1. The Morgan fingerprint density at radius 1 is 1.56 bits per heavy atom. The van der Waals surface area contributed by atoms with Gasteiger partial charge in [-0.2, -0.15) is 0 Å². The van der Waals surface area contributed by atoms with Crippen LogP contribution in [0.25, 0.3) is 0 Å². The summed E-state index contributed by atoms with van der Waals surface area (Å²) in [6.07, 6.45) is 0. The Labute approximate surface area is 98.9 Å². The summed E-state index contributed by atoms with van der Waals surface area (Å²) in [6, 6.07) is -0.972. The highest BCUT2D eigenvalue weighted by Crippen LogP contribution is 2.01. The van der Waals surface area contributed by atoms with Crippen LogP contribution in [0.3, 0.4) is 0 Å². The second kappa shape index (κ2) is 8.37. The average Bonchev–Trinajstić information content (AvgIpc) is 2.17. The number of carboxylic acids is 1. The molecule has 0 spiro atoms. The van der Waals surface area contributed by atoms with Crippen LogP contribution < -0.4 is 11.1 Å². The number of carboxylic acid groups (broad SMARTS) is 1. The molecule has 6 nitrogen and oxygen atoms in total. The van der Waals surface area contributed by atoms with E-state index in [-0.39, 0.29) is 23.5 Å². The van der Waals surface area contributed by atoms with Crippen molar-refractivity contribution >= 4 is 23.6 Å². The van der Waals surface area contributed by atoms with Crippen LogP contribution in [0.2, 0.25) is 0 Å². The van der Waals surface area contributed by atoms with Crippen molar-refractivity contribution in [2.45, 2.75) is 19.0 Å². The van der Waals surface area contributed by atoms with Gasteiger partial charge in [0.25, 0.3) is 0 Å². The third-order valence-electron chi connectivity index (χ3n) is 1.67. The molecule has 7 heteroatoms. The standard InChI is InChI=1S/C9H18N2O4S/c1-6(3-15-2)11-8(12)5-16-4-7(10)9(13)14/h6-7H,3-5,10H2,1-2H3,(H,11,12)(H,13,14). The number of thioether (sulfide) groups is 1. The van der Waals surface area contributed by atoms with E-state index in [9.17, 15) is 9.59 Å². The molecule has 0 rings (SSSR count). The number of hydrogen-bond donors (Lipinski definition) is 3. The Balaban J connectivity index is 3.62. The molecule has 16 heavy (non-hydrogen) atoms. The number of rotatable bonds is 8. The highest BCUT2D eigenvalue weighted by atomic mass is 32.2. The molecule has 1 amide bonds. The van der Waals surface area contributed by atoms with Crippen LogP contribution in [-0.2, 0) is 14.3 Å². The molecule has 0 aliphatic carbocycles. The van der Waals surface area contributed by atoms with Crippen molar-refractivity contribution in [3.8, 4) is 0 Å². The van der Waals surface area contributed by atoms with Crippen LogP contribution in [0, 0.1) is 0 Å². The number of nitrogens with one attached hydrogen (secondary N) is 1. The molecule has 0 heterocycles. The van der Waals surface area contributed by atoms with E-state index in [1.165, 1.54) is 11.8 Å². The van der Waals surface area contributed by atoms with Crippen LogP contribution in [0.5, 0.6) is 0 Å². The van der Waals surface area contributed by atoms with Crippen LogP contribution in [0.1, 0.15) is 6.92 Å². The minimum absolute atomic E-state index is 0.0498. The molecule has 2 atom stereocenters. The molecule has 0 aromatic heterocycles. The predicted octanol–water partition coefficient (Wildman–Crippen LogP) is -0.717. The van der Waals surface area contributed by atoms with Crippen molar-refractivity contribution < 1.29 is 19.4 Å². The van der Waals surface area contributed by atoms with Crippen LogP contribution >= 0.6 is 11.8 Å². The molecular formula is C9H18N2O4S. The summed E-state index contributed by atoms with van der Waals surface area (Å²) in [5.74, 6) is -0.774. The van der Waals surface area contributed by atoms with E-state index in [4.69, 9.17) is 15.6 Å². The van der Waals surface area contributed by atoms with Gasteiger partial charge in [0.15, 0.2) is 0 Å². The highest BCUT2D eigenvalue weighted by molar-refractivity contribution is 8.00. The van der Waals surface area contributed by atoms with Crippen molar-refractivity contribution in [2.75, 3.05) is 25.2 Å². The molecule has 0 aliphatic heterocycles. The average molecular weight is 250 g/mol. The first kappa shape index (κ1) is 15.2. The van der Waals surface area contributed by atoms with Gasteiger partial charge in [-0.1, -0.05) is 0 Å². The van der Waals surface area contributed by atoms with Gasteiger partial charge in [0.1, 0.15) is 6.04 Å². The van der Waals surface area contributed by atoms with E-state index in [2.05, 4.69) is 5.32 Å². The molecule has 4 N–H and O–H groups in total. The minimum Gasteiger partial charge on any atom is -0.480 e. The van der Waals surface area contributed by atoms with Gasteiger partial charge in [-0.05, 0) is 6.92 Å². The number of hydrogen-bond acceptors (Lipinski definition) is 5. The lowest BCUT2D eigenvalue weighted by atomic mass is 10.3. The Morgan fingerprint density at radius 3 is 2.69 bits per heavy atom. The number of methoxy groups -OCH3 is 1. The van der Waals surface area contributed by atoms with E-state index in [1.54, 1.807) is 7.11 Å². The quantitative estimate of drug-likeness (QED) is 0.525. The van der Waals surface area contributed by atoms with Crippen LogP contribution in [-0.4, -0.2) is 54.3 Å². The molecule has 0 aliphatic rings. The van der Waals surface area contributed by atoms with Gasteiger partial charge in [-0.3, -0.25) is 9.59 Å². The number of carbonyl (C=O) groups excluding carboxylic acids is 1. The van der Waals surface area contributed by atoms with Gasteiger partial charge >= 0.3 is 5.97 Å². The van der Waals surface area contributed by atoms with E-state index >= 15 is 0 Å². The van der Waals surface area contributed by atoms with Crippen molar-refractivity contribution in [3.63, 3.8) is 0 Å². The number of carbonyl (C=O) groups is 2. The van der Waals surface area contributed by atoms with Gasteiger partial charge in [0.05, 0.1) is 12.4 Å². The lowest BCUT2D eigenvalue weighted by Gasteiger charge is -2.12. The summed E-state index contributed by atoms with van der Waals surface area (Å²) in [6.45, 7) is 2.28. The normalized spacial score (nSPS) is 14.2. The number of nitrogens with two attached hydrogens (primary N) is 1. The molecule has 2 unspecified atom stereocenters. The van der Waals surface area contributed by atoms with Crippen molar-refractivity contribution in [2.24, 2.45) is 5.73 Å². The number of aliphatic carboxylic acids is 1. The maximum atomic E-state index is 11.3. The molecule has 0 radical (unpaired) electrons. The largest absolute Gasteiger partial charge is 0.480 e. The molecular weight excluding hydrogens is 232 g/mol. The fraction of sp³-hybridized carbons (Fsp3) is 0.778. The second-order valence-electron chi connectivity index (χ2n) is 3.38. The van der Waals surface area contributed by atoms with Crippen LogP contribution in [0.4, 0.5) is 0 Å². The number of ether oxygens (including phenoxy) is 1. The zero-order valence-electron chi connectivity index (χ0n) is 9.43. The van der Waals surface area contributed by atoms with E-state index in [0.717, 1.165) is 0 Å². The Hall–Kier alpha value is -0.790. The molecule has 0 saturated carbocycles. The van der Waals surface area contributed by atoms with E-state index in [0.29, 0.717) is 6.61 Å². The van der Waals surface area contributed by atoms with Gasteiger partial charge in [0.2, 0.25) is 5.91 Å². The summed E-state index contributed by atoms with van der Waals surface area (Å²) >= 11 is 1.20. The van der Waals surface area contributed by atoms with Crippen molar-refractivity contribution in [1.29, 1.82) is 0 Å². The molecule has 0 fully saturated rings. The predicted molar refractivity (Wildman–Crippen MR) is 62.4 cm³/mol. The molecule has 0 bridgehead atoms. The lowest BCUT2D eigenvalue weighted by Crippen LogP contribution is -2.37. The van der Waals surface area contributed by atoms with Crippen molar-refractivity contribution in [3.05, 3.63) is 0 Å². The lowest BCUT2D eigenvalue weighted by molar-refractivity contribution is -0.138. The van der Waals surface area contributed by atoms with Gasteiger partial charge in [-0.15, -0.1) is 11.8 Å². The van der Waals surface area contributed by atoms with E-state index in [1.807, 2.05) is 6.92 Å². The van der Waals surface area contributed by atoms with Crippen LogP contribution in [0.15, 0.2) is 0 Å². The zero-order chi connectivity index (χ0) is 12.6. The minimum atomic E-state index is -1.05. The maximum Gasteiger partial charge on any atom is 0.321 e. The summed E-state index contributed by atoms with van der Waals surface area (Å²) in [7, 11) is 1.56. The smallest absolute Gasteiger partial charge is 0.321 e. The van der Waals surface area contributed by atoms with E-state index < -0.39 is 12.0 Å². The van der Waals surface area contributed by atoms with Gasteiger partial charge in [0, 0.05) is 18.9 Å². The topological polar surface area (TPSA) is 102 Å². The Bertz CT molecular complexity index is 238. The zero-order valence-corrected chi connectivity index (χ0v) is 10.3. The first-order valence-corrected chi connectivity index (χ1v) is 5.97. The van der Waals surface area contributed by atoms with Gasteiger partial charge < -0.3 is 20.9 Å². The van der Waals surface area contributed by atoms with Crippen molar-refractivity contribution in [1.82, 2.24) is 5.32 Å². The SMILES string of the molecule is COCC(C)NC(=O)CSCC(N)C(=O)O. The summed E-state index contributed by atoms with van der Waals surface area (Å²) < 4.78 is 4.86. The first-order chi connectivity index (χ1) is 7.47. The fourth-order valence-electron chi connectivity index (χ4n) is 0.958. The molecule has 94 valence electrons. The highest BCUT2D eigenvalue weighted by Gasteiger charge is 2.13. The summed E-state index contributed by atoms with van der Waals surface area (Å²) in [5, 5.41) is 11.2. The third kappa shape index (κ3) is 7.49. The summed E-state index contributed by atoms with van der Waals surface area (Å²) in [5.41, 5.74) is 5.28. The fourth-order valence-corrected chi connectivity index (χ4v) is 1.74. The Morgan fingerprint density at radius 2 is 2.19 bits per heavy atom. The second-order valence-corrected chi connectivity index (χ2v) is 4.41. The summed E-state index contributed by atoms with van der Waals surface area (Å²) in [4.78, 5) is 21.7. The third-order valence-corrected chi connectivity index (χ3v) is 2.73. The first-order valence-electron chi connectivity index (χ1n) is 4.81. The monoisotopic (exact) mass is 250 g/mol. The van der Waals surface area contributed by atoms with Gasteiger partial charge in [-0.25, -0.2) is 0 Å². The molecule has 0 aromatic rings. The molecule has 0 saturated heterocycles. The maximum absolute atomic E-state index is 11.3. The Kier molecular flexibility index (Phi) is 7.96.